The number of rotatable bonds is 1. The van der Waals surface area contributed by atoms with Crippen LogP contribution in [-0.2, 0) is 0 Å². The molecule has 0 fully saturated rings. The molecule has 0 aromatic carbocycles. The fourth-order valence-corrected chi connectivity index (χ4v) is 0. The van der Waals surface area contributed by atoms with Crippen molar-refractivity contribution in [2.45, 2.75) is 6.92 Å². The quantitative estimate of drug-likeness (QED) is 0.282. The number of hydrogen-bond acceptors (Lipinski definition) is 3. The van der Waals surface area contributed by atoms with Crippen molar-refractivity contribution in [3.63, 3.8) is 0 Å². The highest BCUT2D eigenvalue weighted by Crippen LogP contribution is 1.42. The van der Waals surface area contributed by atoms with Crippen LogP contribution in [-0.4, -0.2) is 22.9 Å². The van der Waals surface area contributed by atoms with E-state index in [4.69, 9.17) is 20.9 Å². The molecule has 0 aliphatic heterocycles. The topological polar surface area (TPSA) is 95.6 Å². The van der Waals surface area contributed by atoms with E-state index in [0.717, 1.165) is 6.54 Å². The monoisotopic (exact) mass is 122 g/mol. The lowest BCUT2D eigenvalue weighted by Gasteiger charge is -1.77. The summed E-state index contributed by atoms with van der Waals surface area (Å²) in [4.78, 5) is 8.56. The van der Waals surface area contributed by atoms with Gasteiger partial charge in [0.2, 0.25) is 0 Å². The summed E-state index contributed by atoms with van der Waals surface area (Å²) < 4.78 is 0. The van der Waals surface area contributed by atoms with E-state index < -0.39 is 6.16 Å². The lowest BCUT2D eigenvalue weighted by Crippen LogP contribution is -2.20. The molecular weight excluding hydrogens is 112 g/mol. The first-order valence-electron chi connectivity index (χ1n) is 2.00. The van der Waals surface area contributed by atoms with Crippen molar-refractivity contribution < 1.29 is 15.0 Å². The van der Waals surface area contributed by atoms with Gasteiger partial charge in [-0.05, 0) is 0 Å². The van der Waals surface area contributed by atoms with E-state index in [1.165, 1.54) is 0 Å². The normalized spacial score (nSPS) is 6.75. The summed E-state index contributed by atoms with van der Waals surface area (Å²) in [6.07, 6.45) is -1.83. The summed E-state index contributed by atoms with van der Waals surface area (Å²) in [5, 5.41) is 13.9. The zero-order valence-electron chi connectivity index (χ0n) is 4.59. The summed E-state index contributed by atoms with van der Waals surface area (Å²) in [6, 6.07) is 0. The van der Waals surface area contributed by atoms with Crippen molar-refractivity contribution in [2.24, 2.45) is 5.84 Å². The van der Waals surface area contributed by atoms with Crippen LogP contribution in [0, 0.1) is 0 Å². The van der Waals surface area contributed by atoms with Gasteiger partial charge >= 0.3 is 6.16 Å². The minimum Gasteiger partial charge on any atom is -0.450 e. The van der Waals surface area contributed by atoms with Crippen LogP contribution in [0.25, 0.3) is 0 Å². The molecular formula is C3H10N2O3. The zero-order chi connectivity index (χ0) is 6.99. The Labute approximate surface area is 47.1 Å². The summed E-state index contributed by atoms with van der Waals surface area (Å²) >= 11 is 0. The molecule has 0 saturated heterocycles. The molecule has 5 N–H and O–H groups in total. The molecule has 0 saturated carbocycles. The van der Waals surface area contributed by atoms with Crippen molar-refractivity contribution in [3.05, 3.63) is 0 Å². The van der Waals surface area contributed by atoms with Gasteiger partial charge in [0.05, 0.1) is 0 Å². The smallest absolute Gasteiger partial charge is 0.450 e. The molecule has 0 unspecified atom stereocenters. The molecule has 0 aromatic heterocycles. The Hall–Kier alpha value is -0.810. The molecule has 0 amide bonds. The molecule has 0 heterocycles. The highest BCUT2D eigenvalue weighted by Gasteiger charge is 1.70. The standard InChI is InChI=1S/C2H8N2.CH2O3/c1-2-4-3;2-1(3)4/h4H,2-3H2,1H3;(H2,2,3,4). The molecule has 0 spiro atoms. The van der Waals surface area contributed by atoms with Crippen LogP contribution < -0.4 is 11.3 Å². The molecule has 8 heavy (non-hydrogen) atoms. The average molecular weight is 122 g/mol. The number of carboxylic acid groups (broad SMARTS) is 2. The van der Waals surface area contributed by atoms with Crippen LogP contribution in [0.4, 0.5) is 4.79 Å². The van der Waals surface area contributed by atoms with Gasteiger partial charge in [-0.1, -0.05) is 6.92 Å². The van der Waals surface area contributed by atoms with Gasteiger partial charge in [-0.15, -0.1) is 0 Å². The summed E-state index contributed by atoms with van der Waals surface area (Å²) in [5.74, 6) is 4.78. The lowest BCUT2D eigenvalue weighted by atomic mass is 10.8. The predicted molar refractivity (Wildman–Crippen MR) is 28.5 cm³/mol. The van der Waals surface area contributed by atoms with Crippen LogP contribution >= 0.6 is 0 Å². The second-order valence-corrected chi connectivity index (χ2v) is 0.840. The number of hydrogen-bond donors (Lipinski definition) is 4. The molecule has 5 nitrogen and oxygen atoms in total. The van der Waals surface area contributed by atoms with Crippen LogP contribution in [0.3, 0.4) is 0 Å². The van der Waals surface area contributed by atoms with Crippen molar-refractivity contribution in [2.75, 3.05) is 6.54 Å². The third kappa shape index (κ3) is 2520. The van der Waals surface area contributed by atoms with Gasteiger partial charge in [0, 0.05) is 6.54 Å². The third-order valence-corrected chi connectivity index (χ3v) is 0.204. The maximum Gasteiger partial charge on any atom is 0.503 e. The first kappa shape index (κ1) is 10.2. The van der Waals surface area contributed by atoms with Crippen LogP contribution in [0.1, 0.15) is 6.92 Å². The largest absolute Gasteiger partial charge is 0.503 e. The van der Waals surface area contributed by atoms with Crippen molar-refractivity contribution in [1.82, 2.24) is 5.43 Å². The van der Waals surface area contributed by atoms with Gasteiger partial charge in [-0.2, -0.15) is 0 Å². The molecule has 0 aliphatic rings. The van der Waals surface area contributed by atoms with Crippen molar-refractivity contribution in [1.29, 1.82) is 0 Å². The number of nitrogens with two attached hydrogens (primary N) is 1. The molecule has 0 atom stereocenters. The van der Waals surface area contributed by atoms with E-state index in [1.54, 1.807) is 0 Å². The van der Waals surface area contributed by atoms with E-state index in [-0.39, 0.29) is 0 Å². The molecule has 0 aromatic rings. The average Bonchev–Trinajstić information content (AvgIpc) is 1.65. The van der Waals surface area contributed by atoms with Gasteiger partial charge in [0.1, 0.15) is 0 Å². The zero-order valence-corrected chi connectivity index (χ0v) is 4.59. The molecule has 5 heteroatoms. The van der Waals surface area contributed by atoms with Gasteiger partial charge in [-0.25, -0.2) is 4.79 Å². The van der Waals surface area contributed by atoms with Gasteiger partial charge < -0.3 is 10.2 Å². The van der Waals surface area contributed by atoms with Crippen LogP contribution in [0.15, 0.2) is 0 Å². The Kier molecular flexibility index (Phi) is 12.1. The number of hydrazine groups is 1. The van der Waals surface area contributed by atoms with E-state index in [9.17, 15) is 0 Å². The van der Waals surface area contributed by atoms with Crippen LogP contribution in [0.2, 0.25) is 0 Å². The Bertz CT molecular complexity index is 50.5. The molecule has 0 rings (SSSR count). The van der Waals surface area contributed by atoms with Gasteiger partial charge in [0.25, 0.3) is 0 Å². The van der Waals surface area contributed by atoms with Crippen molar-refractivity contribution in [3.8, 4) is 0 Å². The van der Waals surface area contributed by atoms with E-state index in [1.807, 2.05) is 6.92 Å². The Morgan fingerprint density at radius 2 is 1.88 bits per heavy atom. The SMILES string of the molecule is CCNN.O=C(O)O. The lowest BCUT2D eigenvalue weighted by molar-refractivity contribution is 0.137. The highest BCUT2D eigenvalue weighted by atomic mass is 16.6. The maximum absolute atomic E-state index is 8.56. The maximum atomic E-state index is 8.56. The summed E-state index contributed by atoms with van der Waals surface area (Å²) in [5.41, 5.74) is 2.43. The molecule has 0 radical (unpaired) electrons. The fraction of sp³-hybridized carbons (Fsp3) is 0.667. The summed E-state index contributed by atoms with van der Waals surface area (Å²) in [7, 11) is 0. The highest BCUT2D eigenvalue weighted by molar-refractivity contribution is 5.53. The van der Waals surface area contributed by atoms with E-state index >= 15 is 0 Å². The first-order chi connectivity index (χ1) is 3.65. The minimum absolute atomic E-state index is 0.847. The predicted octanol–water partition coefficient (Wildman–Crippen LogP) is -0.308. The van der Waals surface area contributed by atoms with Crippen molar-refractivity contribution >= 4 is 6.16 Å². The molecule has 50 valence electrons. The molecule has 0 aliphatic carbocycles. The molecule has 0 bridgehead atoms. The fourth-order valence-electron chi connectivity index (χ4n) is 0. The third-order valence-electron chi connectivity index (χ3n) is 0.204. The Morgan fingerprint density at radius 3 is 1.88 bits per heavy atom. The van der Waals surface area contributed by atoms with Gasteiger partial charge in [0.15, 0.2) is 0 Å². The Morgan fingerprint density at radius 1 is 1.75 bits per heavy atom. The number of carbonyl (C=O) groups is 1. The first-order valence-corrected chi connectivity index (χ1v) is 2.00. The number of nitrogens with one attached hydrogen (secondary N) is 1. The summed E-state index contributed by atoms with van der Waals surface area (Å²) in [6.45, 7) is 2.79. The second-order valence-electron chi connectivity index (χ2n) is 0.840. The second kappa shape index (κ2) is 9.50. The Balaban J connectivity index is 0. The van der Waals surface area contributed by atoms with Gasteiger partial charge in [-0.3, -0.25) is 11.3 Å². The van der Waals surface area contributed by atoms with E-state index in [2.05, 4.69) is 5.43 Å². The minimum atomic E-state index is -1.83. The van der Waals surface area contributed by atoms with E-state index in [0.29, 0.717) is 0 Å². The van der Waals surface area contributed by atoms with Crippen LogP contribution in [0.5, 0.6) is 0 Å².